The Morgan fingerprint density at radius 2 is 1.91 bits per heavy atom. The van der Waals surface area contributed by atoms with Gasteiger partial charge in [0.15, 0.2) is 0 Å². The number of rotatable bonds is 7. The van der Waals surface area contributed by atoms with Gasteiger partial charge in [0.05, 0.1) is 5.84 Å². The number of carbonyl (C=O) groups excluding carboxylic acids is 1. The summed E-state index contributed by atoms with van der Waals surface area (Å²) < 4.78 is 6.16. The third kappa shape index (κ3) is 5.45. The summed E-state index contributed by atoms with van der Waals surface area (Å²) in [5.74, 6) is -0.170. The highest BCUT2D eigenvalue weighted by atomic mass is 16.5. The van der Waals surface area contributed by atoms with Gasteiger partial charge in [-0.1, -0.05) is 18.2 Å². The van der Waals surface area contributed by atoms with Crippen LogP contribution in [0.15, 0.2) is 42.5 Å². The number of carbonyl (C=O) groups is 2. The number of nitrogen functional groups attached to an aromatic ring is 1. The Bertz CT molecular complexity index is 1160. The molecule has 2 aromatic rings. The number of ether oxygens (including phenoxy) is 1. The smallest absolute Gasteiger partial charge is 0.326 e. The Labute approximate surface area is 204 Å². The highest BCUT2D eigenvalue weighted by Crippen LogP contribution is 2.28. The zero-order valence-corrected chi connectivity index (χ0v) is 19.8. The maximum atomic E-state index is 13.3. The highest BCUT2D eigenvalue weighted by molar-refractivity contribution is 5.99. The van der Waals surface area contributed by atoms with E-state index in [9.17, 15) is 14.7 Å². The van der Waals surface area contributed by atoms with Gasteiger partial charge in [0.25, 0.3) is 5.91 Å². The summed E-state index contributed by atoms with van der Waals surface area (Å²) in [4.78, 5) is 28.8. The third-order valence-electron chi connectivity index (χ3n) is 6.74. The number of nitrogens with one attached hydrogen (secondary N) is 2. The molecule has 35 heavy (non-hydrogen) atoms. The van der Waals surface area contributed by atoms with Gasteiger partial charge >= 0.3 is 5.97 Å². The summed E-state index contributed by atoms with van der Waals surface area (Å²) in [6.45, 7) is 3.69. The van der Waals surface area contributed by atoms with Crippen molar-refractivity contribution in [1.29, 1.82) is 10.8 Å². The van der Waals surface area contributed by atoms with E-state index in [4.69, 9.17) is 21.3 Å². The predicted octanol–water partition coefficient (Wildman–Crippen LogP) is 2.51. The second kappa shape index (κ2) is 10.2. The Balaban J connectivity index is 1.46. The molecule has 1 unspecified atom stereocenters. The van der Waals surface area contributed by atoms with Gasteiger partial charge in [0, 0.05) is 50.0 Å². The molecule has 0 saturated carbocycles. The fourth-order valence-electron chi connectivity index (χ4n) is 4.77. The number of fused-ring (bicyclic) bond motifs is 1. The number of benzene rings is 2. The van der Waals surface area contributed by atoms with E-state index in [1.807, 2.05) is 11.0 Å². The molecule has 0 spiro atoms. The van der Waals surface area contributed by atoms with E-state index < -0.39 is 12.0 Å². The van der Waals surface area contributed by atoms with E-state index in [1.165, 1.54) is 4.90 Å². The lowest BCUT2D eigenvalue weighted by atomic mass is 9.95. The van der Waals surface area contributed by atoms with Gasteiger partial charge < -0.3 is 25.4 Å². The monoisotopic (exact) mass is 477 g/mol. The largest absolute Gasteiger partial charge is 0.490 e. The van der Waals surface area contributed by atoms with Crippen molar-refractivity contribution in [2.24, 2.45) is 5.73 Å². The molecule has 9 heteroatoms. The molecule has 2 heterocycles. The van der Waals surface area contributed by atoms with Crippen LogP contribution in [-0.2, 0) is 17.6 Å². The molecule has 0 radical (unpaired) electrons. The van der Waals surface area contributed by atoms with Crippen LogP contribution in [0.2, 0.25) is 0 Å². The van der Waals surface area contributed by atoms with Crippen molar-refractivity contribution in [3.05, 3.63) is 64.7 Å². The summed E-state index contributed by atoms with van der Waals surface area (Å²) in [5, 5.41) is 25.3. The molecule has 1 saturated heterocycles. The molecular formula is C26H31N5O4. The molecule has 1 amide bonds. The fraction of sp³-hybridized carbons (Fsp3) is 0.385. The molecule has 0 aromatic heterocycles. The van der Waals surface area contributed by atoms with Crippen molar-refractivity contribution in [1.82, 2.24) is 9.80 Å². The molecular weight excluding hydrogens is 446 g/mol. The molecule has 0 aliphatic carbocycles. The van der Waals surface area contributed by atoms with Crippen LogP contribution in [0.25, 0.3) is 0 Å². The number of nitrogens with two attached hydrogens (primary N) is 1. The predicted molar refractivity (Wildman–Crippen MR) is 132 cm³/mol. The highest BCUT2D eigenvalue weighted by Gasteiger charge is 2.34. The first kappa shape index (κ1) is 24.3. The minimum Gasteiger partial charge on any atom is -0.490 e. The average molecular weight is 478 g/mol. The van der Waals surface area contributed by atoms with E-state index >= 15 is 0 Å². The third-order valence-corrected chi connectivity index (χ3v) is 6.74. The average Bonchev–Trinajstić information content (AvgIpc) is 2.83. The van der Waals surface area contributed by atoms with E-state index in [0.717, 1.165) is 31.5 Å². The van der Waals surface area contributed by atoms with Gasteiger partial charge in [0.2, 0.25) is 0 Å². The molecule has 4 rings (SSSR count). The van der Waals surface area contributed by atoms with Gasteiger partial charge in [-0.2, -0.15) is 0 Å². The first-order valence-electron chi connectivity index (χ1n) is 11.8. The van der Waals surface area contributed by atoms with E-state index in [1.54, 1.807) is 43.3 Å². The minimum absolute atomic E-state index is 0.0709. The molecule has 0 bridgehead atoms. The van der Waals surface area contributed by atoms with Crippen molar-refractivity contribution in [3.8, 4) is 5.75 Å². The van der Waals surface area contributed by atoms with Crippen LogP contribution in [-0.4, -0.2) is 70.2 Å². The molecule has 1 atom stereocenters. The summed E-state index contributed by atoms with van der Waals surface area (Å²) in [6.07, 6.45) is 2.42. The van der Waals surface area contributed by atoms with Gasteiger partial charge in [-0.3, -0.25) is 15.6 Å². The summed E-state index contributed by atoms with van der Waals surface area (Å²) in [6, 6.07) is 11.3. The van der Waals surface area contributed by atoms with Crippen molar-refractivity contribution in [3.63, 3.8) is 0 Å². The zero-order valence-electron chi connectivity index (χ0n) is 19.8. The van der Waals surface area contributed by atoms with Crippen LogP contribution in [0.5, 0.6) is 5.75 Å². The minimum atomic E-state index is -1.07. The lowest BCUT2D eigenvalue weighted by molar-refractivity contribution is -0.142. The SMILES string of the molecule is CC(=N)N1CCC(Oc2ccc3c(c2)CCN(C(Cc2cccc(C(=N)N)c2)C(=O)O)C3=O)CC1. The maximum Gasteiger partial charge on any atom is 0.326 e. The lowest BCUT2D eigenvalue weighted by Gasteiger charge is -2.34. The number of piperidine rings is 1. The van der Waals surface area contributed by atoms with Gasteiger partial charge in [-0.05, 0) is 48.7 Å². The standard InChI is InChI=1S/C26H31N5O4/c1-16(27)30-10-8-20(9-11-30)35-21-5-6-22-18(15-21)7-12-31(25(22)32)23(26(33)34)14-17-3-2-4-19(13-17)24(28)29/h2-6,13,15,20,23,27H,7-12,14H2,1H3,(H3,28,29)(H,33,34). The molecule has 2 aromatic carbocycles. The number of hydrogen-bond donors (Lipinski definition) is 4. The first-order chi connectivity index (χ1) is 16.7. The van der Waals surface area contributed by atoms with Gasteiger partial charge in [-0.15, -0.1) is 0 Å². The Morgan fingerprint density at radius 3 is 2.57 bits per heavy atom. The molecule has 184 valence electrons. The second-order valence-corrected chi connectivity index (χ2v) is 9.13. The van der Waals surface area contributed by atoms with Gasteiger partial charge in [-0.25, -0.2) is 4.79 Å². The first-order valence-corrected chi connectivity index (χ1v) is 11.8. The Morgan fingerprint density at radius 1 is 1.17 bits per heavy atom. The number of aliphatic carboxylic acids is 1. The van der Waals surface area contributed by atoms with Crippen LogP contribution in [0, 0.1) is 10.8 Å². The maximum absolute atomic E-state index is 13.3. The number of amides is 1. The number of likely N-dealkylation sites (tertiary alicyclic amines) is 1. The van der Waals surface area contributed by atoms with Crippen LogP contribution in [0.3, 0.4) is 0 Å². The summed E-state index contributed by atoms with van der Waals surface area (Å²) in [5.41, 5.74) is 8.15. The van der Waals surface area contributed by atoms with Crippen LogP contribution < -0.4 is 10.5 Å². The molecule has 5 N–H and O–H groups in total. The number of nitrogens with zero attached hydrogens (tertiary/aromatic N) is 2. The van der Waals surface area contributed by atoms with Crippen molar-refractivity contribution in [2.45, 2.75) is 44.8 Å². The number of carboxylic acid groups (broad SMARTS) is 1. The van der Waals surface area contributed by atoms with Crippen LogP contribution >= 0.6 is 0 Å². The van der Waals surface area contributed by atoms with E-state index in [2.05, 4.69) is 0 Å². The Kier molecular flexibility index (Phi) is 7.04. The van der Waals surface area contributed by atoms with Crippen molar-refractivity contribution < 1.29 is 19.4 Å². The number of carboxylic acids is 1. The molecule has 2 aliphatic rings. The van der Waals surface area contributed by atoms with E-state index in [-0.39, 0.29) is 24.3 Å². The molecule has 1 fully saturated rings. The lowest BCUT2D eigenvalue weighted by Crippen LogP contribution is -2.49. The van der Waals surface area contributed by atoms with E-state index in [0.29, 0.717) is 41.2 Å². The quantitative estimate of drug-likeness (QED) is 0.356. The normalized spacial score (nSPS) is 17.0. The molecule has 9 nitrogen and oxygen atoms in total. The van der Waals surface area contributed by atoms with Crippen molar-refractivity contribution >= 4 is 23.5 Å². The fourth-order valence-corrected chi connectivity index (χ4v) is 4.77. The Hall–Kier alpha value is -3.88. The second-order valence-electron chi connectivity index (χ2n) is 9.13. The summed E-state index contributed by atoms with van der Waals surface area (Å²) in [7, 11) is 0. The number of hydrogen-bond acceptors (Lipinski definition) is 5. The summed E-state index contributed by atoms with van der Waals surface area (Å²) >= 11 is 0. The van der Waals surface area contributed by atoms with Crippen LogP contribution in [0.4, 0.5) is 0 Å². The van der Waals surface area contributed by atoms with Crippen LogP contribution in [0.1, 0.15) is 46.8 Å². The molecule has 2 aliphatic heterocycles. The zero-order chi connectivity index (χ0) is 25.1. The topological polar surface area (TPSA) is 144 Å². The van der Waals surface area contributed by atoms with Crippen molar-refractivity contribution in [2.75, 3.05) is 19.6 Å². The van der Waals surface area contributed by atoms with Gasteiger partial charge in [0.1, 0.15) is 23.7 Å². The number of amidine groups is 2.